The largest absolute Gasteiger partial charge is 0.364 e. The van der Waals surface area contributed by atoms with Gasteiger partial charge >= 0.3 is 0 Å². The van der Waals surface area contributed by atoms with Crippen molar-refractivity contribution in [3.05, 3.63) is 142 Å². The highest BCUT2D eigenvalue weighted by molar-refractivity contribution is 5.82. The quantitative estimate of drug-likeness (QED) is 0.0506. The topological polar surface area (TPSA) is 153 Å². The number of ether oxygens (including phenoxy) is 4. The van der Waals surface area contributed by atoms with Crippen LogP contribution in [-0.4, -0.2) is 72.2 Å². The lowest BCUT2D eigenvalue weighted by Gasteiger charge is -2.30. The maximum atomic E-state index is 13.2. The SMILES string of the molecule is CC(C)NC(=O)C(CC(C)(C)C)OCc1cc(F)cc(F)c1.CC(C)NC(=O)C(CC1CC1C)OCc1cc(F)cc(F)c1.CC(C)NC(=O)C(OCc1cc(F)cc(F)c1)C(C)(C)C.CC(C)NC(=O)C(OCc1cc(F)cc(F)c1)C(C)C. The minimum absolute atomic E-state index is 0.00226. The van der Waals surface area contributed by atoms with Gasteiger partial charge in [-0.25, -0.2) is 35.1 Å². The number of carbonyl (C=O) groups is 4. The third-order valence-corrected chi connectivity index (χ3v) is 12.2. The zero-order valence-corrected chi connectivity index (χ0v) is 52.5. The summed E-state index contributed by atoms with van der Waals surface area (Å²) in [6.45, 7) is 32.4. The van der Waals surface area contributed by atoms with Crippen molar-refractivity contribution in [2.75, 3.05) is 0 Å². The van der Waals surface area contributed by atoms with Gasteiger partial charge in [-0.2, -0.15) is 0 Å². The van der Waals surface area contributed by atoms with E-state index in [1.165, 1.54) is 48.5 Å². The van der Waals surface area contributed by atoms with E-state index in [1.807, 2.05) is 111 Å². The Labute approximate surface area is 498 Å². The van der Waals surface area contributed by atoms with Crippen molar-refractivity contribution in [2.45, 2.75) is 212 Å². The summed E-state index contributed by atoms with van der Waals surface area (Å²) < 4.78 is 128. The molecule has 4 N–H and O–H groups in total. The number of nitrogens with one attached hydrogen (secondary N) is 4. The van der Waals surface area contributed by atoms with E-state index in [0.29, 0.717) is 46.9 Å². The van der Waals surface area contributed by atoms with Crippen LogP contribution in [0, 0.1) is 75.1 Å². The Hall–Kier alpha value is -5.96. The Morgan fingerprint density at radius 3 is 1.01 bits per heavy atom. The Balaban J connectivity index is 0.000000387. The van der Waals surface area contributed by atoms with Crippen molar-refractivity contribution in [1.29, 1.82) is 0 Å². The summed E-state index contributed by atoms with van der Waals surface area (Å²) in [5.74, 6) is -4.96. The third kappa shape index (κ3) is 31.8. The Bertz CT molecular complexity index is 2650. The van der Waals surface area contributed by atoms with Crippen LogP contribution in [0.25, 0.3) is 0 Å². The smallest absolute Gasteiger partial charge is 0.249 e. The lowest BCUT2D eigenvalue weighted by Crippen LogP contribution is -2.46. The summed E-state index contributed by atoms with van der Waals surface area (Å²) in [7, 11) is 0. The molecule has 0 bridgehead atoms. The van der Waals surface area contributed by atoms with Gasteiger partial charge in [0.1, 0.15) is 71.0 Å². The zero-order chi connectivity index (χ0) is 64.7. The second kappa shape index (κ2) is 35.6. The summed E-state index contributed by atoms with van der Waals surface area (Å²) >= 11 is 0. The van der Waals surface area contributed by atoms with Crippen LogP contribution in [0.15, 0.2) is 72.8 Å². The standard InChI is InChI=1S/C17H23F2NO2.C17H25F2NO2.C16H23F2NO2.C15H21F2NO2/c1-10(2)20-17(21)16(7-13-4-11(13)3)22-9-12-5-14(18)8-15(19)6-12;1-11(2)20-16(21)15(9-17(3,4)5)22-10-12-6-13(18)8-14(19)7-12;1-10(2)19-15(20)14(16(3,4)5)21-9-11-6-12(17)8-13(18)7-11;1-9(2)14(15(19)18-10(3)4)20-8-11-5-12(16)7-13(17)6-11/h5-6,8,10-11,13,16H,4,7,9H2,1-3H3,(H,20,21);6-8,11,15H,9-10H2,1-5H3,(H,20,21);6-8,10,14H,9H2,1-5H3,(H,19,20);5-7,9-10,14H,8H2,1-4H3,(H,18,19). The van der Waals surface area contributed by atoms with Gasteiger partial charge in [0.05, 0.1) is 26.4 Å². The van der Waals surface area contributed by atoms with Crippen molar-refractivity contribution in [3.8, 4) is 0 Å². The molecule has 0 aliphatic heterocycles. The summed E-state index contributed by atoms with van der Waals surface area (Å²) in [6.07, 6.45) is -0.322. The van der Waals surface area contributed by atoms with Crippen LogP contribution in [0.4, 0.5) is 35.1 Å². The average Bonchev–Trinajstić information content (AvgIpc) is 4.16. The average molecular weight is 1210 g/mol. The molecule has 1 fully saturated rings. The molecule has 6 unspecified atom stereocenters. The van der Waals surface area contributed by atoms with E-state index in [9.17, 15) is 54.3 Å². The molecule has 5 rings (SSSR count). The Kier molecular flexibility index (Phi) is 31.5. The summed E-state index contributed by atoms with van der Waals surface area (Å²) in [6, 6.07) is 12.9. The molecule has 0 saturated heterocycles. The predicted molar refractivity (Wildman–Crippen MR) is 313 cm³/mol. The van der Waals surface area contributed by atoms with Gasteiger partial charge in [-0.3, -0.25) is 19.2 Å². The van der Waals surface area contributed by atoms with Crippen LogP contribution in [-0.2, 0) is 64.6 Å². The normalized spacial score (nSPS) is 15.4. The molecular weight excluding hydrogens is 1120 g/mol. The number of carbonyl (C=O) groups excluding carboxylic acids is 4. The van der Waals surface area contributed by atoms with Gasteiger partial charge in [-0.1, -0.05) is 62.3 Å². The molecule has 4 aromatic rings. The molecule has 1 aliphatic rings. The zero-order valence-electron chi connectivity index (χ0n) is 52.5. The first kappa shape index (κ1) is 75.1. The van der Waals surface area contributed by atoms with E-state index < -0.39 is 76.4 Å². The van der Waals surface area contributed by atoms with E-state index in [2.05, 4.69) is 28.2 Å². The minimum Gasteiger partial charge on any atom is -0.364 e. The summed E-state index contributed by atoms with van der Waals surface area (Å²) in [4.78, 5) is 48.5. The highest BCUT2D eigenvalue weighted by atomic mass is 19.2. The maximum absolute atomic E-state index is 13.2. The molecule has 12 nitrogen and oxygen atoms in total. The monoisotopic (exact) mass is 1210 g/mol. The molecule has 6 atom stereocenters. The van der Waals surface area contributed by atoms with Crippen molar-refractivity contribution in [2.24, 2.45) is 28.6 Å². The number of rotatable bonds is 24. The van der Waals surface area contributed by atoms with Crippen LogP contribution >= 0.6 is 0 Å². The van der Waals surface area contributed by atoms with Crippen LogP contribution in [0.1, 0.15) is 159 Å². The fourth-order valence-electron chi connectivity index (χ4n) is 8.34. The van der Waals surface area contributed by atoms with Crippen LogP contribution in [0.2, 0.25) is 0 Å². The second-order valence-corrected chi connectivity index (χ2v) is 25.4. The van der Waals surface area contributed by atoms with Gasteiger partial charge in [0.25, 0.3) is 0 Å². The summed E-state index contributed by atoms with van der Waals surface area (Å²) in [5.41, 5.74) is 0.957. The molecule has 20 heteroatoms. The molecule has 0 aromatic heterocycles. The maximum Gasteiger partial charge on any atom is 0.249 e. The van der Waals surface area contributed by atoms with Crippen LogP contribution in [0.3, 0.4) is 0 Å². The number of amides is 4. The van der Waals surface area contributed by atoms with Crippen molar-refractivity contribution >= 4 is 23.6 Å². The molecular formula is C65H92F8N4O8. The van der Waals surface area contributed by atoms with Crippen molar-refractivity contribution in [3.63, 3.8) is 0 Å². The predicted octanol–water partition coefficient (Wildman–Crippen LogP) is 13.7. The van der Waals surface area contributed by atoms with E-state index in [1.54, 1.807) is 0 Å². The van der Waals surface area contributed by atoms with Crippen molar-refractivity contribution < 1.29 is 73.2 Å². The van der Waals surface area contributed by atoms with Gasteiger partial charge in [0, 0.05) is 48.4 Å². The molecule has 1 saturated carbocycles. The van der Waals surface area contributed by atoms with E-state index >= 15 is 0 Å². The highest BCUT2D eigenvalue weighted by Gasteiger charge is 2.37. The number of hydrogen-bond acceptors (Lipinski definition) is 8. The first-order valence-electron chi connectivity index (χ1n) is 28.8. The van der Waals surface area contributed by atoms with Gasteiger partial charge in [0.15, 0.2) is 0 Å². The number of halogens is 8. The van der Waals surface area contributed by atoms with Gasteiger partial charge < -0.3 is 40.2 Å². The van der Waals surface area contributed by atoms with Gasteiger partial charge in [0.2, 0.25) is 23.6 Å². The fourth-order valence-corrected chi connectivity index (χ4v) is 8.34. The molecule has 4 amide bonds. The lowest BCUT2D eigenvalue weighted by atomic mass is 9.88. The number of hydrogen-bond donors (Lipinski definition) is 4. The van der Waals surface area contributed by atoms with Crippen LogP contribution in [0.5, 0.6) is 0 Å². The number of benzene rings is 4. The van der Waals surface area contributed by atoms with Gasteiger partial charge in [-0.05, 0) is 174 Å². The summed E-state index contributed by atoms with van der Waals surface area (Å²) in [5, 5.41) is 11.2. The molecule has 0 spiro atoms. The van der Waals surface area contributed by atoms with Crippen molar-refractivity contribution in [1.82, 2.24) is 21.3 Å². The molecule has 0 heterocycles. The molecule has 0 radical (unpaired) electrons. The second-order valence-electron chi connectivity index (χ2n) is 25.4. The third-order valence-electron chi connectivity index (χ3n) is 12.2. The molecule has 476 valence electrons. The van der Waals surface area contributed by atoms with E-state index in [-0.39, 0.29) is 85.6 Å². The minimum atomic E-state index is -0.703. The fraction of sp³-hybridized carbons (Fsp3) is 0.569. The Morgan fingerprint density at radius 1 is 0.435 bits per heavy atom. The Morgan fingerprint density at radius 2 is 0.718 bits per heavy atom. The lowest BCUT2D eigenvalue weighted by molar-refractivity contribution is -0.142. The van der Waals surface area contributed by atoms with Gasteiger partial charge in [-0.15, -0.1) is 0 Å². The molecule has 85 heavy (non-hydrogen) atoms. The molecule has 4 aromatic carbocycles. The first-order chi connectivity index (χ1) is 39.3. The van der Waals surface area contributed by atoms with E-state index in [0.717, 1.165) is 30.7 Å². The molecule has 1 aliphatic carbocycles. The highest BCUT2D eigenvalue weighted by Crippen LogP contribution is 2.42. The first-order valence-corrected chi connectivity index (χ1v) is 28.8. The van der Waals surface area contributed by atoms with Crippen LogP contribution < -0.4 is 21.3 Å². The van der Waals surface area contributed by atoms with E-state index in [4.69, 9.17) is 18.9 Å².